The minimum absolute atomic E-state index is 0.245. The van der Waals surface area contributed by atoms with Crippen molar-refractivity contribution >= 4 is 44.7 Å². The molecule has 0 spiro atoms. The maximum atomic E-state index is 14.6. The second kappa shape index (κ2) is 69.9. The van der Waals surface area contributed by atoms with Gasteiger partial charge < -0.3 is 39.1 Å². The summed E-state index contributed by atoms with van der Waals surface area (Å²) in [6.07, 6.45) is 74.7. The number of fused-ring (bicyclic) bond motifs is 2. The zero-order valence-corrected chi connectivity index (χ0v) is 80.5. The molecule has 2 N–H and O–H groups in total. The second-order valence-electron chi connectivity index (χ2n) is 36.2. The van der Waals surface area contributed by atoms with Crippen molar-refractivity contribution in [2.45, 2.75) is 427 Å². The van der Waals surface area contributed by atoms with Crippen molar-refractivity contribution in [3.63, 3.8) is 0 Å². The van der Waals surface area contributed by atoms with Crippen LogP contribution < -0.4 is 39.1 Å². The van der Waals surface area contributed by atoms with Gasteiger partial charge in [-0.2, -0.15) is 0 Å². The fourth-order valence-corrected chi connectivity index (χ4v) is 17.1. The summed E-state index contributed by atoms with van der Waals surface area (Å²) >= 11 is 0. The highest BCUT2D eigenvalue weighted by molar-refractivity contribution is 6.10. The van der Waals surface area contributed by atoms with Gasteiger partial charge in [0, 0.05) is 44.8 Å². The van der Waals surface area contributed by atoms with Crippen molar-refractivity contribution in [3.05, 3.63) is 155 Å². The molecule has 0 aromatic heterocycles. The van der Waals surface area contributed by atoms with Crippen molar-refractivity contribution in [2.24, 2.45) is 0 Å². The van der Waals surface area contributed by atoms with Gasteiger partial charge in [-0.15, -0.1) is 0 Å². The summed E-state index contributed by atoms with van der Waals surface area (Å²) in [5.41, 5.74) is 5.74. The summed E-state index contributed by atoms with van der Waals surface area (Å²) in [5, 5.41) is 10.5. The Morgan fingerprint density at radius 1 is 0.222 bits per heavy atom. The van der Waals surface area contributed by atoms with Crippen LogP contribution >= 0.6 is 0 Å². The van der Waals surface area contributed by atoms with Crippen LogP contribution in [0, 0.1) is 23.7 Å². The highest BCUT2D eigenvalue weighted by Gasteiger charge is 2.23. The number of amides is 2. The Labute approximate surface area is 768 Å². The van der Waals surface area contributed by atoms with Crippen molar-refractivity contribution in [2.75, 3.05) is 50.3 Å². The maximum Gasteiger partial charge on any atom is 0.255 e. The molecule has 126 heavy (non-hydrogen) atoms. The Morgan fingerprint density at radius 2 is 0.405 bits per heavy atom. The van der Waals surface area contributed by atoms with Gasteiger partial charge in [0.2, 0.25) is 11.5 Å². The number of anilines is 2. The van der Waals surface area contributed by atoms with E-state index in [9.17, 15) is 9.59 Å². The largest absolute Gasteiger partial charge is 0.490 e. The zero-order valence-electron chi connectivity index (χ0n) is 80.5. The average Bonchev–Trinajstić information content (AvgIpc) is 0.751. The lowest BCUT2D eigenvalue weighted by atomic mass is 9.92. The van der Waals surface area contributed by atoms with Crippen molar-refractivity contribution in [1.82, 2.24) is 0 Å². The summed E-state index contributed by atoms with van der Waals surface area (Å²) in [6.45, 7) is 17.0. The molecule has 10 heteroatoms. The number of nitrogens with one attached hydrogen (secondary N) is 2. The van der Waals surface area contributed by atoms with Gasteiger partial charge in [0.1, 0.15) is 0 Å². The Morgan fingerprint density at radius 3 is 0.603 bits per heavy atom. The molecule has 0 heterocycles. The summed E-state index contributed by atoms with van der Waals surface area (Å²) in [7, 11) is 0. The van der Waals surface area contributed by atoms with Gasteiger partial charge in [0.25, 0.3) is 11.8 Å². The van der Waals surface area contributed by atoms with E-state index in [2.05, 4.69) is 124 Å². The molecule has 0 saturated heterocycles. The molecule has 0 atom stereocenters. The predicted molar refractivity (Wildman–Crippen MR) is 539 cm³/mol. The molecule has 0 fully saturated rings. The molecule has 7 aromatic rings. The van der Waals surface area contributed by atoms with Crippen LogP contribution in [0.3, 0.4) is 0 Å². The number of rotatable bonds is 76. The molecule has 0 unspecified atom stereocenters. The lowest BCUT2D eigenvalue weighted by Crippen LogP contribution is -2.14. The predicted octanol–water partition coefficient (Wildman–Crippen LogP) is 35.1. The fraction of sp³-hybridized carbons (Fsp3) is 0.621. The monoisotopic (exact) mass is 1720 g/mol. The zero-order chi connectivity index (χ0) is 88.8. The van der Waals surface area contributed by atoms with Crippen molar-refractivity contribution in [1.29, 1.82) is 0 Å². The van der Waals surface area contributed by atoms with Crippen LogP contribution in [0.2, 0.25) is 0 Å². The Bertz CT molecular complexity index is 3700. The first-order valence-electron chi connectivity index (χ1n) is 52.2. The topological polar surface area (TPSA) is 114 Å². The van der Waals surface area contributed by atoms with E-state index in [0.29, 0.717) is 96.6 Å². The van der Waals surface area contributed by atoms with Crippen molar-refractivity contribution in [3.8, 4) is 58.2 Å². The summed E-state index contributed by atoms with van der Waals surface area (Å²) in [6, 6.07) is 39.8. The molecule has 7 rings (SSSR count). The van der Waals surface area contributed by atoms with Gasteiger partial charge in [-0.05, 0) is 133 Å². The number of carbonyl (C=O) groups excluding carboxylic acids is 2. The molecule has 694 valence electrons. The summed E-state index contributed by atoms with van der Waals surface area (Å²) in [4.78, 5) is 29.2. The van der Waals surface area contributed by atoms with E-state index in [1.54, 1.807) is 0 Å². The number of carbonyl (C=O) groups is 2. The third kappa shape index (κ3) is 44.3. The summed E-state index contributed by atoms with van der Waals surface area (Å²) < 4.78 is 40.2. The number of hydrogen-bond acceptors (Lipinski definition) is 8. The van der Waals surface area contributed by atoms with E-state index in [4.69, 9.17) is 28.4 Å². The third-order valence-electron chi connectivity index (χ3n) is 25.0. The van der Waals surface area contributed by atoms with Gasteiger partial charge in [-0.25, -0.2) is 0 Å². The smallest absolute Gasteiger partial charge is 0.255 e. The van der Waals surface area contributed by atoms with E-state index >= 15 is 0 Å². The maximum absolute atomic E-state index is 14.6. The lowest BCUT2D eigenvalue weighted by molar-refractivity contribution is 0.101. The fourth-order valence-electron chi connectivity index (χ4n) is 17.1. The van der Waals surface area contributed by atoms with Crippen LogP contribution in [0.5, 0.6) is 34.5 Å². The molecular weight excluding hydrogens is 1550 g/mol. The molecule has 0 aliphatic carbocycles. The van der Waals surface area contributed by atoms with Gasteiger partial charge in [-0.1, -0.05) is 460 Å². The standard InChI is InChI=1S/C116H172N2O8/c1-7-13-19-25-31-37-43-49-55-65-87-121-109-93-99(94-110(122-88-66-56-50-44-38-32-26-20-14-8-2)113(109)125-91-69-59-53-47-41-35-29-23-17-11-5)115(119)117-101-81-75-97(76-82-101)79-85-107-103-71-61-63-73-105(103)108(106-74-64-62-72-104(106)107)86-80-98-77-83-102(84-78-98)118-116(120)100-95-111(123-89-67-57-51-45-39-33-27-21-15-9-3)114(126-92-70-60-54-48-42-36-30-24-18-12-6)112(96-100)124-90-68-58-52-46-40-34-28-22-16-10-4/h61-64,71-78,81-84,93-96H,7-60,65-70,87-92H2,1-6H3,(H,117,119)(H,118,120). The lowest BCUT2D eigenvalue weighted by Gasteiger charge is -2.19. The number of benzene rings is 7. The highest BCUT2D eigenvalue weighted by atomic mass is 16.5. The van der Waals surface area contributed by atoms with Crippen LogP contribution in [0.1, 0.15) is 470 Å². The quantitative estimate of drug-likeness (QED) is 0.0220. The minimum Gasteiger partial charge on any atom is -0.490 e. The molecule has 0 bridgehead atoms. The molecule has 0 aliphatic heterocycles. The highest BCUT2D eigenvalue weighted by Crippen LogP contribution is 2.43. The van der Waals surface area contributed by atoms with Crippen LogP contribution in [0.15, 0.2) is 121 Å². The number of hydrogen-bond donors (Lipinski definition) is 2. The molecule has 10 nitrogen and oxygen atoms in total. The number of ether oxygens (including phenoxy) is 6. The van der Waals surface area contributed by atoms with Crippen LogP contribution in [-0.4, -0.2) is 51.5 Å². The number of unbranched alkanes of at least 4 members (excludes halogenated alkanes) is 54. The van der Waals surface area contributed by atoms with Gasteiger partial charge >= 0.3 is 0 Å². The SMILES string of the molecule is CCCCCCCCCCCCOc1cc(C(=O)Nc2ccc(C#Cc3c4ccccc4c(C#Cc4ccc(NC(=O)c5cc(OCCCCCCCCCCCC)c(OCCCCCCCCCCCC)c(OCCCCCCCCCCCC)c5)cc4)c4ccccc34)cc2)cc(OCCCCCCCCCCCC)c1OCCCCCCCCCCCC. The van der Waals surface area contributed by atoms with Crippen LogP contribution in [0.4, 0.5) is 11.4 Å². The Hall–Kier alpha value is -8.08. The first-order chi connectivity index (χ1) is 62.3. The van der Waals surface area contributed by atoms with E-state index in [1.165, 1.54) is 308 Å². The van der Waals surface area contributed by atoms with Crippen LogP contribution in [-0.2, 0) is 0 Å². The van der Waals surface area contributed by atoms with E-state index in [0.717, 1.165) is 121 Å². The molecule has 7 aromatic carbocycles. The molecule has 0 radical (unpaired) electrons. The van der Waals surface area contributed by atoms with Gasteiger partial charge in [-0.3, -0.25) is 9.59 Å². The van der Waals surface area contributed by atoms with E-state index < -0.39 is 0 Å². The molecule has 2 amide bonds. The van der Waals surface area contributed by atoms with Crippen LogP contribution in [0.25, 0.3) is 21.5 Å². The molecule has 0 aliphatic rings. The normalized spacial score (nSPS) is 11.2. The Kier molecular flexibility index (Phi) is 58.2. The first-order valence-corrected chi connectivity index (χ1v) is 52.2. The van der Waals surface area contributed by atoms with E-state index in [1.807, 2.05) is 72.8 Å². The van der Waals surface area contributed by atoms with Gasteiger partial charge in [0.05, 0.1) is 39.6 Å². The Balaban J connectivity index is 1.06. The average molecular weight is 1720 g/mol. The minimum atomic E-state index is -0.245. The first kappa shape index (κ1) is 105. The third-order valence-corrected chi connectivity index (χ3v) is 25.0. The summed E-state index contributed by atoms with van der Waals surface area (Å²) in [5.74, 6) is 17.2. The van der Waals surface area contributed by atoms with Crippen molar-refractivity contribution < 1.29 is 38.0 Å². The van der Waals surface area contributed by atoms with Gasteiger partial charge in [0.15, 0.2) is 23.0 Å². The van der Waals surface area contributed by atoms with E-state index in [-0.39, 0.29) is 11.8 Å². The molecular formula is C116H172N2O8. The molecule has 0 saturated carbocycles. The second-order valence-corrected chi connectivity index (χ2v) is 36.2.